The van der Waals surface area contributed by atoms with Gasteiger partial charge in [0.2, 0.25) is 0 Å². The summed E-state index contributed by atoms with van der Waals surface area (Å²) in [6.07, 6.45) is 4.20. The van der Waals surface area contributed by atoms with Gasteiger partial charge >= 0.3 is 0 Å². The van der Waals surface area contributed by atoms with Crippen LogP contribution >= 0.6 is 11.8 Å². The van der Waals surface area contributed by atoms with E-state index in [9.17, 15) is 9.90 Å². The van der Waals surface area contributed by atoms with Crippen molar-refractivity contribution >= 4 is 28.9 Å². The molecule has 1 aromatic carbocycles. The van der Waals surface area contributed by atoms with Gasteiger partial charge in [0, 0.05) is 24.2 Å². The minimum absolute atomic E-state index is 0.120. The Balaban J connectivity index is 1.98. The van der Waals surface area contributed by atoms with Crippen molar-refractivity contribution in [2.45, 2.75) is 65.2 Å². The number of aromatic hydroxyl groups is 1. The van der Waals surface area contributed by atoms with Crippen molar-refractivity contribution in [3.8, 4) is 5.75 Å². The average Bonchev–Trinajstić information content (AvgIpc) is 3.17. The van der Waals surface area contributed by atoms with Crippen LogP contribution in [0.4, 0.5) is 0 Å². The molecule has 2 fully saturated rings. The van der Waals surface area contributed by atoms with Crippen LogP contribution in [0, 0.1) is 0 Å². The molecule has 0 aromatic heterocycles. The SMILES string of the molecule is CC(C)(C)c1cc(/C=C2\S/C(=N\N3CCCC3)NC2=O)cc(C(C)(C)C)c1O. The van der Waals surface area contributed by atoms with Gasteiger partial charge in [-0.3, -0.25) is 15.1 Å². The summed E-state index contributed by atoms with van der Waals surface area (Å²) in [5, 5.41) is 20.9. The summed E-state index contributed by atoms with van der Waals surface area (Å²) in [5.74, 6) is 0.229. The van der Waals surface area contributed by atoms with E-state index >= 15 is 0 Å². The van der Waals surface area contributed by atoms with Crippen molar-refractivity contribution in [1.29, 1.82) is 0 Å². The van der Waals surface area contributed by atoms with Crippen LogP contribution in [0.1, 0.15) is 71.1 Å². The maximum atomic E-state index is 12.4. The fraction of sp³-hybridized carbons (Fsp3) is 0.545. The van der Waals surface area contributed by atoms with Crippen LogP contribution < -0.4 is 5.32 Å². The predicted octanol–water partition coefficient (Wildman–Crippen LogP) is 4.56. The van der Waals surface area contributed by atoms with Gasteiger partial charge in [-0.25, -0.2) is 0 Å². The second-order valence-electron chi connectivity index (χ2n) is 9.60. The smallest absolute Gasteiger partial charge is 0.264 e. The standard InChI is InChI=1S/C22H31N3O2S/c1-21(2,3)15-11-14(12-16(18(15)26)22(4,5)6)13-17-19(27)23-20(28-17)24-25-9-7-8-10-25/h11-13,26H,7-10H2,1-6H3,(H,23,24,27)/b17-13-. The zero-order valence-electron chi connectivity index (χ0n) is 17.7. The first-order valence-electron chi connectivity index (χ1n) is 9.87. The molecule has 2 aliphatic rings. The van der Waals surface area contributed by atoms with E-state index in [1.807, 2.05) is 23.2 Å². The quantitative estimate of drug-likeness (QED) is 0.713. The van der Waals surface area contributed by atoms with Gasteiger partial charge < -0.3 is 5.11 Å². The average molecular weight is 402 g/mol. The van der Waals surface area contributed by atoms with Crippen molar-refractivity contribution in [2.24, 2.45) is 5.10 Å². The number of thioether (sulfide) groups is 1. The number of benzene rings is 1. The molecule has 2 saturated heterocycles. The first kappa shape index (κ1) is 20.8. The second-order valence-corrected chi connectivity index (χ2v) is 10.6. The third kappa shape index (κ3) is 4.54. The maximum absolute atomic E-state index is 12.4. The van der Waals surface area contributed by atoms with E-state index in [1.54, 1.807) is 0 Å². The Morgan fingerprint density at radius 2 is 1.61 bits per heavy atom. The molecule has 0 aliphatic carbocycles. The summed E-state index contributed by atoms with van der Waals surface area (Å²) in [4.78, 5) is 13.1. The third-order valence-electron chi connectivity index (χ3n) is 5.01. The largest absolute Gasteiger partial charge is 0.507 e. The molecule has 2 N–H and O–H groups in total. The highest BCUT2D eigenvalue weighted by atomic mass is 32.2. The van der Waals surface area contributed by atoms with E-state index in [4.69, 9.17) is 0 Å². The van der Waals surface area contributed by atoms with Crippen LogP contribution in [-0.2, 0) is 15.6 Å². The van der Waals surface area contributed by atoms with E-state index in [0.717, 1.165) is 42.6 Å². The van der Waals surface area contributed by atoms with Crippen molar-refractivity contribution < 1.29 is 9.90 Å². The van der Waals surface area contributed by atoms with Crippen LogP contribution in [0.5, 0.6) is 5.75 Å². The van der Waals surface area contributed by atoms with E-state index in [0.29, 0.717) is 15.8 Å². The van der Waals surface area contributed by atoms with Crippen molar-refractivity contribution in [2.75, 3.05) is 13.1 Å². The lowest BCUT2D eigenvalue weighted by Crippen LogP contribution is -2.23. The Labute approximate surface area is 172 Å². The predicted molar refractivity (Wildman–Crippen MR) is 117 cm³/mol. The van der Waals surface area contributed by atoms with Crippen molar-refractivity contribution in [3.63, 3.8) is 0 Å². The Morgan fingerprint density at radius 1 is 1.07 bits per heavy atom. The molecular weight excluding hydrogens is 370 g/mol. The highest BCUT2D eigenvalue weighted by Gasteiger charge is 2.28. The van der Waals surface area contributed by atoms with Gasteiger partial charge in [0.25, 0.3) is 5.91 Å². The number of phenols is 1. The van der Waals surface area contributed by atoms with Crippen molar-refractivity contribution in [3.05, 3.63) is 33.7 Å². The summed E-state index contributed by atoms with van der Waals surface area (Å²) < 4.78 is 0. The first-order valence-corrected chi connectivity index (χ1v) is 10.7. The molecule has 0 saturated carbocycles. The molecule has 152 valence electrons. The molecule has 3 rings (SSSR count). The van der Waals surface area contributed by atoms with Crippen molar-refractivity contribution in [1.82, 2.24) is 10.3 Å². The van der Waals surface area contributed by atoms with E-state index < -0.39 is 0 Å². The summed E-state index contributed by atoms with van der Waals surface area (Å²) >= 11 is 1.38. The molecule has 1 amide bonds. The zero-order chi connectivity index (χ0) is 20.7. The molecule has 0 bridgehead atoms. The number of amides is 1. The molecule has 0 radical (unpaired) electrons. The first-order chi connectivity index (χ1) is 12.9. The van der Waals surface area contributed by atoms with Gasteiger partial charge in [-0.05, 0) is 59.2 Å². The molecule has 5 nitrogen and oxygen atoms in total. The highest BCUT2D eigenvalue weighted by molar-refractivity contribution is 8.18. The number of phenolic OH excluding ortho intramolecular Hbond substituents is 1. The minimum atomic E-state index is -0.202. The van der Waals surface area contributed by atoms with E-state index in [-0.39, 0.29) is 16.7 Å². The fourth-order valence-corrected chi connectivity index (χ4v) is 4.29. The number of nitrogens with zero attached hydrogens (tertiary/aromatic N) is 2. The molecule has 2 heterocycles. The Bertz CT molecular complexity index is 803. The van der Waals surface area contributed by atoms with Crippen LogP contribution in [0.2, 0.25) is 0 Å². The Hall–Kier alpha value is -1.95. The van der Waals surface area contributed by atoms with Gasteiger partial charge in [-0.15, -0.1) is 0 Å². The molecule has 28 heavy (non-hydrogen) atoms. The monoisotopic (exact) mass is 401 g/mol. The maximum Gasteiger partial charge on any atom is 0.264 e. The lowest BCUT2D eigenvalue weighted by molar-refractivity contribution is -0.115. The molecule has 0 spiro atoms. The topological polar surface area (TPSA) is 64.9 Å². The van der Waals surface area contributed by atoms with Crippen LogP contribution in [0.3, 0.4) is 0 Å². The number of nitrogens with one attached hydrogen (secondary N) is 1. The fourth-order valence-electron chi connectivity index (χ4n) is 3.44. The lowest BCUT2D eigenvalue weighted by Gasteiger charge is -2.28. The minimum Gasteiger partial charge on any atom is -0.507 e. The van der Waals surface area contributed by atoms with E-state index in [1.165, 1.54) is 11.8 Å². The summed E-state index contributed by atoms with van der Waals surface area (Å²) in [6, 6.07) is 3.97. The van der Waals surface area contributed by atoms with Gasteiger partial charge in [-0.2, -0.15) is 5.10 Å². The Morgan fingerprint density at radius 3 is 2.11 bits per heavy atom. The lowest BCUT2D eigenvalue weighted by atomic mass is 9.78. The number of rotatable bonds is 2. The Kier molecular flexibility index (Phi) is 5.54. The zero-order valence-corrected chi connectivity index (χ0v) is 18.5. The highest BCUT2D eigenvalue weighted by Crippen LogP contribution is 2.40. The third-order valence-corrected chi connectivity index (χ3v) is 5.91. The molecule has 6 heteroatoms. The second kappa shape index (κ2) is 7.47. The van der Waals surface area contributed by atoms with Gasteiger partial charge in [0.1, 0.15) is 5.75 Å². The number of hydrazone groups is 1. The van der Waals surface area contributed by atoms with Gasteiger partial charge in [0.15, 0.2) is 5.17 Å². The van der Waals surface area contributed by atoms with Crippen LogP contribution in [-0.4, -0.2) is 34.3 Å². The van der Waals surface area contributed by atoms with Crippen LogP contribution in [0.25, 0.3) is 6.08 Å². The number of carbonyl (C=O) groups is 1. The molecule has 0 unspecified atom stereocenters. The molecular formula is C22H31N3O2S. The van der Waals surface area contributed by atoms with E-state index in [2.05, 4.69) is 52.0 Å². The number of carbonyl (C=O) groups excluding carboxylic acids is 1. The number of hydrogen-bond donors (Lipinski definition) is 2. The molecule has 1 aromatic rings. The summed E-state index contributed by atoms with van der Waals surface area (Å²) in [5.41, 5.74) is 2.30. The van der Waals surface area contributed by atoms with Gasteiger partial charge in [-0.1, -0.05) is 41.5 Å². The number of amidine groups is 1. The molecule has 0 atom stereocenters. The van der Waals surface area contributed by atoms with Crippen LogP contribution in [0.15, 0.2) is 22.1 Å². The van der Waals surface area contributed by atoms with Gasteiger partial charge in [0.05, 0.1) is 4.91 Å². The summed E-state index contributed by atoms with van der Waals surface area (Å²) in [6.45, 7) is 14.4. The number of hydrogen-bond acceptors (Lipinski definition) is 5. The molecule has 2 aliphatic heterocycles. The summed E-state index contributed by atoms with van der Waals surface area (Å²) in [7, 11) is 0. The normalized spacial score (nSPS) is 21.1.